The van der Waals surface area contributed by atoms with Gasteiger partial charge in [-0.05, 0) is 30.5 Å². The van der Waals surface area contributed by atoms with Gasteiger partial charge < -0.3 is 9.80 Å². The smallest absolute Gasteiger partial charge is 0.257 e. The third-order valence-electron chi connectivity index (χ3n) is 4.48. The molecule has 1 amide bonds. The largest absolute Gasteiger partial charge is 0.328 e. The Hall–Kier alpha value is -1.85. The van der Waals surface area contributed by atoms with Crippen LogP contribution in [0, 0.1) is 5.82 Å². The Labute approximate surface area is 146 Å². The van der Waals surface area contributed by atoms with E-state index in [0.29, 0.717) is 13.1 Å². The van der Waals surface area contributed by atoms with E-state index in [1.54, 1.807) is 34.9 Å². The summed E-state index contributed by atoms with van der Waals surface area (Å²) in [6.07, 6.45) is 2.08. The lowest BCUT2D eigenvalue weighted by atomic mass is 10.1. The van der Waals surface area contributed by atoms with Crippen molar-refractivity contribution in [3.63, 3.8) is 0 Å². The van der Waals surface area contributed by atoms with Gasteiger partial charge in [0, 0.05) is 10.5 Å². The summed E-state index contributed by atoms with van der Waals surface area (Å²) in [5, 5.41) is 0. The number of piperazine rings is 1. The molecule has 1 saturated heterocycles. The van der Waals surface area contributed by atoms with Gasteiger partial charge >= 0.3 is 0 Å². The lowest BCUT2D eigenvalue weighted by Gasteiger charge is -2.32. The number of nitrogens with one attached hydrogen (secondary N) is 1. The molecule has 0 aromatic heterocycles. The van der Waals surface area contributed by atoms with Gasteiger partial charge in [0.2, 0.25) is 0 Å². The summed E-state index contributed by atoms with van der Waals surface area (Å²) < 4.78 is 13.8. The topological polar surface area (TPSA) is 24.8 Å². The standard InChI is InChI=1S/C19H21FN2OS/c1-24-16-8-6-15(7-9-16)14-21-10-12-22(13-11-21)19(23)17-4-2-3-5-18(17)20/h2-9H,10-14H2,1H3/p+1. The van der Waals surface area contributed by atoms with Crippen molar-refractivity contribution < 1.29 is 14.1 Å². The number of halogens is 1. The van der Waals surface area contributed by atoms with Crippen molar-refractivity contribution in [3.05, 3.63) is 65.5 Å². The first-order valence-corrected chi connectivity index (χ1v) is 9.40. The average Bonchev–Trinajstić information content (AvgIpc) is 2.63. The Kier molecular flexibility index (Phi) is 5.53. The summed E-state index contributed by atoms with van der Waals surface area (Å²) in [6.45, 7) is 4.10. The SMILES string of the molecule is CSc1ccc(C[NH+]2CCN(C(=O)c3ccccc3F)CC2)cc1. The predicted octanol–water partition coefficient (Wildman–Crippen LogP) is 2.09. The molecule has 0 aliphatic carbocycles. The van der Waals surface area contributed by atoms with Crippen molar-refractivity contribution in [2.24, 2.45) is 0 Å². The number of carbonyl (C=O) groups excluding carboxylic acids is 1. The van der Waals surface area contributed by atoms with Crippen molar-refractivity contribution in [3.8, 4) is 0 Å². The number of amides is 1. The molecule has 126 valence electrons. The van der Waals surface area contributed by atoms with Crippen LogP contribution in [0.25, 0.3) is 0 Å². The van der Waals surface area contributed by atoms with E-state index in [-0.39, 0.29) is 11.5 Å². The Morgan fingerprint density at radius 2 is 1.79 bits per heavy atom. The van der Waals surface area contributed by atoms with Crippen LogP contribution in [0.5, 0.6) is 0 Å². The van der Waals surface area contributed by atoms with E-state index in [1.807, 2.05) is 0 Å². The first-order chi connectivity index (χ1) is 11.7. The second kappa shape index (κ2) is 7.81. The van der Waals surface area contributed by atoms with Crippen molar-refractivity contribution in [1.29, 1.82) is 0 Å². The number of benzene rings is 2. The number of thioether (sulfide) groups is 1. The first-order valence-electron chi connectivity index (χ1n) is 8.17. The summed E-state index contributed by atoms with van der Waals surface area (Å²) in [4.78, 5) is 16.9. The molecule has 0 saturated carbocycles. The van der Waals surface area contributed by atoms with E-state index in [0.717, 1.165) is 19.6 Å². The van der Waals surface area contributed by atoms with Crippen molar-refractivity contribution >= 4 is 17.7 Å². The van der Waals surface area contributed by atoms with Gasteiger partial charge in [-0.3, -0.25) is 4.79 Å². The van der Waals surface area contributed by atoms with Crippen LogP contribution in [0.4, 0.5) is 4.39 Å². The second-order valence-corrected chi connectivity index (χ2v) is 6.93. The van der Waals surface area contributed by atoms with Crippen LogP contribution in [0.2, 0.25) is 0 Å². The molecule has 0 bridgehead atoms. The predicted molar refractivity (Wildman–Crippen MR) is 94.9 cm³/mol. The van der Waals surface area contributed by atoms with Gasteiger partial charge in [-0.2, -0.15) is 0 Å². The van der Waals surface area contributed by atoms with E-state index in [4.69, 9.17) is 0 Å². The van der Waals surface area contributed by atoms with Crippen LogP contribution in [0.1, 0.15) is 15.9 Å². The molecule has 3 rings (SSSR count). The summed E-state index contributed by atoms with van der Waals surface area (Å²) in [5.41, 5.74) is 1.49. The van der Waals surface area contributed by atoms with E-state index >= 15 is 0 Å². The monoisotopic (exact) mass is 345 g/mol. The normalized spacial score (nSPS) is 15.5. The van der Waals surface area contributed by atoms with E-state index in [9.17, 15) is 9.18 Å². The molecule has 0 radical (unpaired) electrons. The lowest BCUT2D eigenvalue weighted by molar-refractivity contribution is -0.917. The van der Waals surface area contributed by atoms with Gasteiger partial charge in [0.1, 0.15) is 12.4 Å². The van der Waals surface area contributed by atoms with Crippen molar-refractivity contribution in [2.75, 3.05) is 32.4 Å². The van der Waals surface area contributed by atoms with Gasteiger partial charge in [0.25, 0.3) is 5.91 Å². The van der Waals surface area contributed by atoms with E-state index in [1.165, 1.54) is 21.4 Å². The molecule has 1 aliphatic heterocycles. The summed E-state index contributed by atoms with van der Waals surface area (Å²) in [6, 6.07) is 14.9. The van der Waals surface area contributed by atoms with Crippen LogP contribution < -0.4 is 4.90 Å². The van der Waals surface area contributed by atoms with Gasteiger partial charge in [0.05, 0.1) is 31.7 Å². The minimum absolute atomic E-state index is 0.175. The zero-order valence-corrected chi connectivity index (χ0v) is 14.6. The van der Waals surface area contributed by atoms with E-state index < -0.39 is 5.82 Å². The highest BCUT2D eigenvalue weighted by Gasteiger charge is 2.25. The molecule has 2 aromatic carbocycles. The molecular formula is C19H22FN2OS+. The zero-order chi connectivity index (χ0) is 16.9. The number of carbonyl (C=O) groups is 1. The molecule has 1 fully saturated rings. The van der Waals surface area contributed by atoms with Crippen LogP contribution >= 0.6 is 11.8 Å². The molecule has 2 aromatic rings. The minimum Gasteiger partial charge on any atom is -0.328 e. The Balaban J connectivity index is 1.55. The number of hydrogen-bond donors (Lipinski definition) is 1. The average molecular weight is 345 g/mol. The number of hydrogen-bond acceptors (Lipinski definition) is 2. The van der Waals surface area contributed by atoms with Crippen LogP contribution in [-0.4, -0.2) is 43.2 Å². The Bertz CT molecular complexity index is 697. The van der Waals surface area contributed by atoms with Gasteiger partial charge in [-0.1, -0.05) is 24.3 Å². The minimum atomic E-state index is -0.439. The quantitative estimate of drug-likeness (QED) is 0.859. The fraction of sp³-hybridized carbons (Fsp3) is 0.316. The Morgan fingerprint density at radius 3 is 2.42 bits per heavy atom. The maximum absolute atomic E-state index is 13.8. The summed E-state index contributed by atoms with van der Waals surface area (Å²) in [7, 11) is 0. The highest BCUT2D eigenvalue weighted by atomic mass is 32.2. The summed E-state index contributed by atoms with van der Waals surface area (Å²) in [5.74, 6) is -0.636. The third-order valence-corrected chi connectivity index (χ3v) is 5.22. The van der Waals surface area contributed by atoms with Gasteiger partial charge in [-0.15, -0.1) is 11.8 Å². The lowest BCUT2D eigenvalue weighted by Crippen LogP contribution is -3.13. The van der Waals surface area contributed by atoms with Crippen LogP contribution in [0.15, 0.2) is 53.4 Å². The molecule has 1 aliphatic rings. The number of quaternary nitrogens is 1. The third kappa shape index (κ3) is 3.97. The van der Waals surface area contributed by atoms with Crippen molar-refractivity contribution in [1.82, 2.24) is 4.90 Å². The molecule has 0 atom stereocenters. The maximum Gasteiger partial charge on any atom is 0.257 e. The fourth-order valence-electron chi connectivity index (χ4n) is 3.04. The highest BCUT2D eigenvalue weighted by molar-refractivity contribution is 7.98. The molecule has 1 heterocycles. The molecule has 0 spiro atoms. The second-order valence-electron chi connectivity index (χ2n) is 6.05. The van der Waals surface area contributed by atoms with Crippen LogP contribution in [0.3, 0.4) is 0 Å². The van der Waals surface area contributed by atoms with Gasteiger partial charge in [-0.25, -0.2) is 4.39 Å². The molecule has 5 heteroatoms. The number of rotatable bonds is 4. The van der Waals surface area contributed by atoms with E-state index in [2.05, 4.69) is 30.5 Å². The van der Waals surface area contributed by atoms with Gasteiger partial charge in [0.15, 0.2) is 0 Å². The molecule has 3 nitrogen and oxygen atoms in total. The number of nitrogens with zero attached hydrogens (tertiary/aromatic N) is 1. The fourth-order valence-corrected chi connectivity index (χ4v) is 3.45. The zero-order valence-electron chi connectivity index (χ0n) is 13.8. The Morgan fingerprint density at radius 1 is 1.12 bits per heavy atom. The maximum atomic E-state index is 13.8. The highest BCUT2D eigenvalue weighted by Crippen LogP contribution is 2.14. The molecule has 24 heavy (non-hydrogen) atoms. The van der Waals surface area contributed by atoms with Crippen LogP contribution in [-0.2, 0) is 6.54 Å². The summed E-state index contributed by atoms with van der Waals surface area (Å²) >= 11 is 1.74. The first kappa shape index (κ1) is 17.0. The molecule has 1 N–H and O–H groups in total. The van der Waals surface area contributed by atoms with Crippen molar-refractivity contribution in [2.45, 2.75) is 11.4 Å². The molecule has 0 unspecified atom stereocenters. The molecular weight excluding hydrogens is 323 g/mol.